The Morgan fingerprint density at radius 1 is 1.28 bits per heavy atom. The first-order valence-corrected chi connectivity index (χ1v) is 10.1. The molecule has 29 heavy (non-hydrogen) atoms. The normalized spacial score (nSPS) is 30.2. The van der Waals surface area contributed by atoms with Gasteiger partial charge in [0.15, 0.2) is 17.7 Å². The zero-order valence-electron chi connectivity index (χ0n) is 15.7. The predicted octanol–water partition coefficient (Wildman–Crippen LogP) is -5.15. The number of hydrogen-bond acceptors (Lipinski definition) is 11. The van der Waals surface area contributed by atoms with Crippen LogP contribution in [0.5, 0.6) is 0 Å². The minimum Gasteiger partial charge on any atom is -0.766 e. The van der Waals surface area contributed by atoms with Crippen LogP contribution < -0.4 is 40.2 Å². The fraction of sp³-hybridized carbons (Fsp3) is 0.643. The molecule has 0 spiro atoms. The van der Waals surface area contributed by atoms with Crippen LogP contribution in [0.4, 0.5) is 5.82 Å². The van der Waals surface area contributed by atoms with Gasteiger partial charge in [-0.3, -0.25) is 9.13 Å². The Balaban J connectivity index is 0.00000240. The molecule has 4 heterocycles. The van der Waals surface area contributed by atoms with Crippen LogP contribution in [0.15, 0.2) is 12.7 Å². The third-order valence-electron chi connectivity index (χ3n) is 4.73. The van der Waals surface area contributed by atoms with Crippen LogP contribution in [-0.4, -0.2) is 85.6 Å². The second-order valence-corrected chi connectivity index (χ2v) is 8.22. The maximum Gasteiger partial charge on any atom is 1.00 e. The summed E-state index contributed by atoms with van der Waals surface area (Å²) in [5, 5.41) is 20.7. The van der Waals surface area contributed by atoms with Crippen molar-refractivity contribution >= 4 is 24.7 Å². The summed E-state index contributed by atoms with van der Waals surface area (Å²) >= 11 is 0. The molecule has 2 aliphatic heterocycles. The summed E-state index contributed by atoms with van der Waals surface area (Å²) in [6.45, 7) is 0.524. The van der Waals surface area contributed by atoms with Crippen molar-refractivity contribution in [2.24, 2.45) is 0 Å². The van der Waals surface area contributed by atoms with Crippen molar-refractivity contribution in [3.8, 4) is 0 Å². The van der Waals surface area contributed by atoms with Crippen molar-refractivity contribution in [2.45, 2.75) is 24.5 Å². The van der Waals surface area contributed by atoms with Crippen LogP contribution in [0.1, 0.15) is 6.23 Å². The van der Waals surface area contributed by atoms with E-state index in [2.05, 4.69) is 15.0 Å². The van der Waals surface area contributed by atoms with Crippen LogP contribution >= 0.6 is 7.75 Å². The van der Waals surface area contributed by atoms with Gasteiger partial charge < -0.3 is 34.8 Å². The maximum absolute atomic E-state index is 12.3. The largest absolute Gasteiger partial charge is 1.00 e. The Bertz CT molecular complexity index is 896. The van der Waals surface area contributed by atoms with Crippen molar-refractivity contribution < 1.29 is 63.2 Å². The van der Waals surface area contributed by atoms with Crippen LogP contribution in [0.2, 0.25) is 0 Å². The van der Waals surface area contributed by atoms with Crippen molar-refractivity contribution in [1.82, 2.24) is 24.2 Å². The maximum atomic E-state index is 12.3. The van der Waals surface area contributed by atoms with E-state index in [0.29, 0.717) is 11.2 Å². The molecule has 0 aromatic carbocycles. The number of aliphatic hydroxyl groups is 2. The number of rotatable bonds is 5. The molecule has 2 aromatic heterocycles. The van der Waals surface area contributed by atoms with Crippen LogP contribution in [0.25, 0.3) is 11.2 Å². The summed E-state index contributed by atoms with van der Waals surface area (Å²) in [7, 11) is -4.32. The number of fused-ring (bicyclic) bond motifs is 1. The molecule has 2 fully saturated rings. The predicted molar refractivity (Wildman–Crippen MR) is 91.6 cm³/mol. The van der Waals surface area contributed by atoms with Gasteiger partial charge in [0.05, 0.1) is 26.1 Å². The third kappa shape index (κ3) is 4.50. The number of imidazole rings is 1. The summed E-state index contributed by atoms with van der Waals surface area (Å²) in [5.74, 6) is 0.162. The van der Waals surface area contributed by atoms with Crippen LogP contribution in [0, 0.1) is 0 Å². The van der Waals surface area contributed by atoms with Gasteiger partial charge >= 0.3 is 29.6 Å². The number of aromatic nitrogens is 4. The fourth-order valence-electron chi connectivity index (χ4n) is 3.20. The summed E-state index contributed by atoms with van der Waals surface area (Å²) in [6.07, 6.45) is -2.24. The minimum absolute atomic E-state index is 0. The molecule has 4 N–H and O–H groups in total. The quantitative estimate of drug-likeness (QED) is 0.299. The van der Waals surface area contributed by atoms with Crippen molar-refractivity contribution in [1.29, 1.82) is 0 Å². The Labute approximate surface area is 187 Å². The van der Waals surface area contributed by atoms with Gasteiger partial charge in [0, 0.05) is 13.1 Å². The second kappa shape index (κ2) is 9.20. The topological polar surface area (TPSA) is 181 Å². The molecule has 13 nitrogen and oxygen atoms in total. The third-order valence-corrected chi connectivity index (χ3v) is 6.30. The van der Waals surface area contributed by atoms with E-state index in [0.717, 1.165) is 0 Å². The number of nitrogens with zero attached hydrogens (tertiary/aromatic N) is 5. The molecule has 2 aliphatic rings. The number of morpholine rings is 1. The Kier molecular flexibility index (Phi) is 7.29. The monoisotopic (exact) mass is 438 g/mol. The van der Waals surface area contributed by atoms with Crippen LogP contribution in [0.3, 0.4) is 0 Å². The summed E-state index contributed by atoms with van der Waals surface area (Å²) in [4.78, 5) is 24.3. The van der Waals surface area contributed by atoms with Gasteiger partial charge in [0.1, 0.15) is 30.2 Å². The van der Waals surface area contributed by atoms with E-state index in [1.54, 1.807) is 0 Å². The number of ether oxygens (including phenoxy) is 2. The molecule has 2 aromatic rings. The average molecular weight is 438 g/mol. The molecule has 1 unspecified atom stereocenters. The van der Waals surface area contributed by atoms with E-state index in [4.69, 9.17) is 19.7 Å². The molecular weight excluding hydrogens is 418 g/mol. The van der Waals surface area contributed by atoms with E-state index in [9.17, 15) is 19.7 Å². The fourth-order valence-corrected chi connectivity index (χ4v) is 4.35. The Hall–Kier alpha value is -0.700. The number of aliphatic hydroxyl groups excluding tert-OH is 2. The first-order chi connectivity index (χ1) is 13.4. The van der Waals surface area contributed by atoms with Gasteiger partial charge in [0.2, 0.25) is 7.75 Å². The Morgan fingerprint density at radius 2 is 2.00 bits per heavy atom. The summed E-state index contributed by atoms with van der Waals surface area (Å²) < 4.78 is 30.7. The van der Waals surface area contributed by atoms with Crippen molar-refractivity contribution in [3.05, 3.63) is 12.7 Å². The molecule has 4 rings (SSSR count). The average Bonchev–Trinajstić information content (AvgIpc) is 3.24. The summed E-state index contributed by atoms with van der Waals surface area (Å²) in [6, 6.07) is 0. The Morgan fingerprint density at radius 3 is 2.72 bits per heavy atom. The van der Waals surface area contributed by atoms with Gasteiger partial charge in [-0.15, -0.1) is 0 Å². The van der Waals surface area contributed by atoms with Gasteiger partial charge in [-0.2, -0.15) is 0 Å². The van der Waals surface area contributed by atoms with E-state index < -0.39 is 38.9 Å². The molecule has 15 heteroatoms. The zero-order chi connectivity index (χ0) is 19.9. The molecule has 0 saturated carbocycles. The SMILES string of the molecule is Nc1ncnc2c1ncn2[C@@H]1O[C@H](COP(=O)([O-])N2CCOCC2)[C@@H](O)[C@H]1O.[Na+]. The van der Waals surface area contributed by atoms with E-state index in [1.165, 1.54) is 21.9 Å². The van der Waals surface area contributed by atoms with Crippen LogP contribution in [-0.2, 0) is 18.6 Å². The van der Waals surface area contributed by atoms with Gasteiger partial charge in [-0.1, -0.05) is 0 Å². The number of hydrogen-bond donors (Lipinski definition) is 3. The number of nitrogens with two attached hydrogens (primary N) is 1. The molecule has 0 amide bonds. The first kappa shape index (κ1) is 23.0. The molecule has 2 saturated heterocycles. The number of nitrogen functional groups attached to an aromatic ring is 1. The second-order valence-electron chi connectivity index (χ2n) is 6.46. The van der Waals surface area contributed by atoms with Crippen molar-refractivity contribution in [3.63, 3.8) is 0 Å². The zero-order valence-corrected chi connectivity index (χ0v) is 18.6. The molecule has 154 valence electrons. The van der Waals surface area contributed by atoms with Crippen molar-refractivity contribution in [2.75, 3.05) is 38.6 Å². The molecular formula is C14H20N6NaO7P. The molecule has 0 aliphatic carbocycles. The van der Waals surface area contributed by atoms with E-state index in [-0.39, 0.29) is 61.7 Å². The molecule has 0 radical (unpaired) electrons. The smallest absolute Gasteiger partial charge is 0.766 e. The first-order valence-electron chi connectivity index (χ1n) is 8.62. The summed E-state index contributed by atoms with van der Waals surface area (Å²) in [5.41, 5.74) is 6.38. The van der Waals surface area contributed by atoms with E-state index in [1.807, 2.05) is 0 Å². The van der Waals surface area contributed by atoms with Gasteiger partial charge in [-0.05, 0) is 0 Å². The molecule has 5 atom stereocenters. The molecule has 0 bridgehead atoms. The number of anilines is 1. The minimum atomic E-state index is -4.32. The standard InChI is InChI=1S/C14H21N6O7P.Na/c15-12-9-13(17-6-16-12)20(7-18-9)14-11(22)10(21)8(27-14)5-26-28(23,24)19-1-3-25-4-2-19;/h6-8,10-11,14,21-22H,1-5H2,(H,23,24)(H2,15,16,17);/q;+1/p-1/t8-,10-,11-,14-;/m1./s1. The van der Waals surface area contributed by atoms with E-state index >= 15 is 0 Å². The van der Waals surface area contributed by atoms with Gasteiger partial charge in [0.25, 0.3) is 0 Å². The van der Waals surface area contributed by atoms with Gasteiger partial charge in [-0.25, -0.2) is 19.6 Å².